The van der Waals surface area contributed by atoms with Gasteiger partial charge in [-0.25, -0.2) is 0 Å². The van der Waals surface area contributed by atoms with Gasteiger partial charge in [-0.3, -0.25) is 0 Å². The molecule has 3 heteroatoms. The van der Waals surface area contributed by atoms with E-state index in [2.05, 4.69) is 50.7 Å². The van der Waals surface area contributed by atoms with E-state index in [9.17, 15) is 0 Å². The Hall–Kier alpha value is -0.800. The summed E-state index contributed by atoms with van der Waals surface area (Å²) in [5.74, 6) is 0.548. The van der Waals surface area contributed by atoms with Crippen molar-refractivity contribution in [2.24, 2.45) is 13.0 Å². The van der Waals surface area contributed by atoms with Crippen molar-refractivity contribution in [3.63, 3.8) is 0 Å². The van der Waals surface area contributed by atoms with Gasteiger partial charge in [0.15, 0.2) is 0 Å². The molecular weight excluding hydrogens is 212 g/mol. The molecule has 0 amide bonds. The molecule has 0 fully saturated rings. The number of aromatic nitrogens is 1. The Balaban J connectivity index is 2.62. The van der Waals surface area contributed by atoms with Gasteiger partial charge in [0.25, 0.3) is 0 Å². The molecule has 0 bridgehead atoms. The molecule has 0 saturated carbocycles. The van der Waals surface area contributed by atoms with Crippen molar-refractivity contribution in [1.82, 2.24) is 9.88 Å². The normalized spacial score (nSPS) is 13.4. The smallest absolute Gasteiger partial charge is 0.0445 e. The van der Waals surface area contributed by atoms with Gasteiger partial charge in [0.05, 0.1) is 0 Å². The molecule has 0 aliphatic rings. The minimum absolute atomic E-state index is 0.253. The molecule has 1 unspecified atom stereocenters. The largest absolute Gasteiger partial charge is 0.396 e. The monoisotopic (exact) mass is 238 g/mol. The Labute approximate surface area is 105 Å². The first kappa shape index (κ1) is 14.3. The van der Waals surface area contributed by atoms with Gasteiger partial charge in [0.1, 0.15) is 0 Å². The third-order valence-electron chi connectivity index (χ3n) is 3.68. The van der Waals surface area contributed by atoms with Crippen molar-refractivity contribution >= 4 is 0 Å². The Morgan fingerprint density at radius 3 is 2.41 bits per heavy atom. The van der Waals surface area contributed by atoms with E-state index in [0.717, 1.165) is 13.0 Å². The molecule has 0 aromatic carbocycles. The molecule has 3 nitrogen and oxygen atoms in total. The number of aliphatic hydroxyl groups is 1. The first-order chi connectivity index (χ1) is 7.97. The zero-order chi connectivity index (χ0) is 13.0. The predicted octanol–water partition coefficient (Wildman–Crippen LogP) is 2.14. The van der Waals surface area contributed by atoms with Crippen LogP contribution in [0.3, 0.4) is 0 Å². The molecule has 2 N–H and O–H groups in total. The number of aliphatic hydroxyl groups excluding tert-OH is 1. The lowest BCUT2D eigenvalue weighted by atomic mass is 10.0. The second kappa shape index (κ2) is 6.22. The fraction of sp³-hybridized carbons (Fsp3) is 0.714. The van der Waals surface area contributed by atoms with Crippen molar-refractivity contribution in [3.05, 3.63) is 23.0 Å². The number of hydrogen-bond acceptors (Lipinski definition) is 2. The van der Waals surface area contributed by atoms with Gasteiger partial charge in [-0.1, -0.05) is 13.8 Å². The Bertz CT molecular complexity index is 355. The summed E-state index contributed by atoms with van der Waals surface area (Å²) in [7, 11) is 2.10. The fourth-order valence-electron chi connectivity index (χ4n) is 2.16. The lowest BCUT2D eigenvalue weighted by Crippen LogP contribution is -2.34. The lowest BCUT2D eigenvalue weighted by molar-refractivity contribution is 0.244. The van der Waals surface area contributed by atoms with Gasteiger partial charge in [-0.15, -0.1) is 0 Å². The molecule has 1 aromatic rings. The Morgan fingerprint density at radius 1 is 1.35 bits per heavy atom. The van der Waals surface area contributed by atoms with E-state index in [1.54, 1.807) is 0 Å². The van der Waals surface area contributed by atoms with E-state index in [0.29, 0.717) is 12.0 Å². The molecule has 98 valence electrons. The van der Waals surface area contributed by atoms with Crippen LogP contribution in [0.5, 0.6) is 0 Å². The average molecular weight is 238 g/mol. The number of aryl methyl sites for hydroxylation is 1. The fourth-order valence-corrected chi connectivity index (χ4v) is 2.16. The van der Waals surface area contributed by atoms with E-state index in [4.69, 9.17) is 5.11 Å². The predicted molar refractivity (Wildman–Crippen MR) is 72.1 cm³/mol. The van der Waals surface area contributed by atoms with Crippen molar-refractivity contribution in [2.75, 3.05) is 6.61 Å². The maximum atomic E-state index is 9.04. The van der Waals surface area contributed by atoms with Gasteiger partial charge in [0.2, 0.25) is 0 Å². The first-order valence-electron chi connectivity index (χ1n) is 6.43. The summed E-state index contributed by atoms with van der Waals surface area (Å²) in [6.07, 6.45) is 0.822. The molecule has 1 rings (SSSR count). The Kier molecular flexibility index (Phi) is 5.22. The van der Waals surface area contributed by atoms with Gasteiger partial charge < -0.3 is 15.0 Å². The van der Waals surface area contributed by atoms with Gasteiger partial charge in [-0.05, 0) is 37.8 Å². The minimum Gasteiger partial charge on any atom is -0.396 e. The van der Waals surface area contributed by atoms with Crippen molar-refractivity contribution in [3.8, 4) is 0 Å². The molecule has 0 aliphatic heterocycles. The average Bonchev–Trinajstić information content (AvgIpc) is 2.52. The molecule has 0 aliphatic carbocycles. The zero-order valence-corrected chi connectivity index (χ0v) is 11.7. The summed E-state index contributed by atoms with van der Waals surface area (Å²) >= 11 is 0. The lowest BCUT2D eigenvalue weighted by Gasteiger charge is -2.21. The second-order valence-electron chi connectivity index (χ2n) is 5.20. The molecule has 0 radical (unpaired) electrons. The number of hydrogen-bond donors (Lipinski definition) is 2. The molecule has 1 heterocycles. The second-order valence-corrected chi connectivity index (χ2v) is 5.20. The summed E-state index contributed by atoms with van der Waals surface area (Å²) < 4.78 is 2.22. The third kappa shape index (κ3) is 3.58. The highest BCUT2D eigenvalue weighted by Crippen LogP contribution is 2.14. The van der Waals surface area contributed by atoms with Crippen LogP contribution in [-0.4, -0.2) is 22.3 Å². The molecular formula is C14H26N2O. The minimum atomic E-state index is 0.253. The van der Waals surface area contributed by atoms with Crippen molar-refractivity contribution < 1.29 is 5.11 Å². The van der Waals surface area contributed by atoms with Gasteiger partial charge in [-0.2, -0.15) is 0 Å². The highest BCUT2D eigenvalue weighted by Gasteiger charge is 2.13. The van der Waals surface area contributed by atoms with Crippen LogP contribution >= 0.6 is 0 Å². The van der Waals surface area contributed by atoms with Crippen molar-refractivity contribution in [2.45, 2.75) is 46.7 Å². The van der Waals surface area contributed by atoms with Crippen LogP contribution in [-0.2, 0) is 13.6 Å². The van der Waals surface area contributed by atoms with E-state index in [-0.39, 0.29) is 6.61 Å². The van der Waals surface area contributed by atoms with E-state index >= 15 is 0 Å². The van der Waals surface area contributed by atoms with Crippen LogP contribution in [0.25, 0.3) is 0 Å². The molecule has 1 aromatic heterocycles. The van der Waals surface area contributed by atoms with Crippen LogP contribution in [0.1, 0.15) is 37.2 Å². The van der Waals surface area contributed by atoms with Crippen LogP contribution in [0.2, 0.25) is 0 Å². The van der Waals surface area contributed by atoms with Crippen LogP contribution in [0.4, 0.5) is 0 Å². The topological polar surface area (TPSA) is 37.2 Å². The standard InChI is InChI=1S/C14H26N2O/c1-10(2)14(6-7-17)15-9-13-8-11(3)16(5)12(13)4/h8,10,14-15,17H,6-7,9H2,1-5H3. The van der Waals surface area contributed by atoms with Gasteiger partial charge >= 0.3 is 0 Å². The Morgan fingerprint density at radius 2 is 2.00 bits per heavy atom. The van der Waals surface area contributed by atoms with E-state index in [1.165, 1.54) is 17.0 Å². The summed E-state index contributed by atoms with van der Waals surface area (Å²) in [6, 6.07) is 2.62. The number of nitrogens with zero attached hydrogens (tertiary/aromatic N) is 1. The summed E-state index contributed by atoms with van der Waals surface area (Å²) in [5.41, 5.74) is 3.97. The van der Waals surface area contributed by atoms with Crippen LogP contribution in [0, 0.1) is 19.8 Å². The summed E-state index contributed by atoms with van der Waals surface area (Å²) in [5, 5.41) is 12.6. The SMILES string of the molecule is Cc1cc(CNC(CCO)C(C)C)c(C)n1C. The number of nitrogens with one attached hydrogen (secondary N) is 1. The highest BCUT2D eigenvalue weighted by atomic mass is 16.3. The quantitative estimate of drug-likeness (QED) is 0.796. The van der Waals surface area contributed by atoms with E-state index < -0.39 is 0 Å². The van der Waals surface area contributed by atoms with E-state index in [1.807, 2.05) is 0 Å². The number of rotatable bonds is 6. The molecule has 0 saturated heterocycles. The maximum Gasteiger partial charge on any atom is 0.0445 e. The molecule has 17 heavy (non-hydrogen) atoms. The van der Waals surface area contributed by atoms with Crippen LogP contribution in [0.15, 0.2) is 6.07 Å². The zero-order valence-electron chi connectivity index (χ0n) is 11.7. The highest BCUT2D eigenvalue weighted by molar-refractivity contribution is 5.26. The summed E-state index contributed by atoms with van der Waals surface area (Å²) in [4.78, 5) is 0. The van der Waals surface area contributed by atoms with Crippen molar-refractivity contribution in [1.29, 1.82) is 0 Å². The first-order valence-corrected chi connectivity index (χ1v) is 6.43. The third-order valence-corrected chi connectivity index (χ3v) is 3.68. The molecule has 0 spiro atoms. The van der Waals surface area contributed by atoms with Gasteiger partial charge in [0, 0.05) is 37.6 Å². The maximum absolute atomic E-state index is 9.04. The summed E-state index contributed by atoms with van der Waals surface area (Å²) in [6.45, 7) is 9.80. The van der Waals surface area contributed by atoms with Crippen LogP contribution < -0.4 is 5.32 Å². The molecule has 1 atom stereocenters.